The minimum Gasteiger partial charge on any atom is -0.303 e. The van der Waals surface area contributed by atoms with Gasteiger partial charge in [-0.05, 0) is 56.9 Å². The lowest BCUT2D eigenvalue weighted by Crippen LogP contribution is -2.41. The Hall–Kier alpha value is -1.93. The van der Waals surface area contributed by atoms with Crippen molar-refractivity contribution in [2.75, 3.05) is 19.6 Å². The molecule has 1 saturated heterocycles. The third-order valence-corrected chi connectivity index (χ3v) is 5.86. The van der Waals surface area contributed by atoms with Gasteiger partial charge in [-0.1, -0.05) is 73.5 Å². The maximum atomic E-state index is 13.4. The summed E-state index contributed by atoms with van der Waals surface area (Å²) in [4.78, 5) is 15.9. The molecule has 0 N–H and O–H groups in total. The van der Waals surface area contributed by atoms with Gasteiger partial charge in [-0.2, -0.15) is 0 Å². The molecule has 0 bridgehead atoms. The standard InChI is InChI=1S/C24H31NO/c1-3-23(26)24(21-10-6-4-7-11-21,22-14-12-20(2)13-15-22)16-19-25-17-8-5-9-18-25/h4,6-7,10-15H,3,5,8-9,16-19H2,1-2H3. The van der Waals surface area contributed by atoms with E-state index in [0.29, 0.717) is 12.2 Å². The number of aryl methyl sites for hydroxylation is 1. The molecule has 0 amide bonds. The summed E-state index contributed by atoms with van der Waals surface area (Å²) in [7, 11) is 0. The normalized spacial score (nSPS) is 17.6. The molecular weight excluding hydrogens is 318 g/mol. The molecule has 1 unspecified atom stereocenters. The lowest BCUT2D eigenvalue weighted by molar-refractivity contribution is -0.123. The number of piperidine rings is 1. The van der Waals surface area contributed by atoms with Gasteiger partial charge in [0.05, 0.1) is 5.41 Å². The number of hydrogen-bond acceptors (Lipinski definition) is 2. The van der Waals surface area contributed by atoms with Crippen LogP contribution in [0.15, 0.2) is 54.6 Å². The van der Waals surface area contributed by atoms with Crippen LogP contribution in [0.1, 0.15) is 55.7 Å². The van der Waals surface area contributed by atoms with E-state index in [-0.39, 0.29) is 0 Å². The van der Waals surface area contributed by atoms with Gasteiger partial charge < -0.3 is 4.90 Å². The van der Waals surface area contributed by atoms with Gasteiger partial charge >= 0.3 is 0 Å². The van der Waals surface area contributed by atoms with Crippen LogP contribution in [0, 0.1) is 6.92 Å². The summed E-state index contributed by atoms with van der Waals surface area (Å²) in [6, 6.07) is 19.0. The first-order valence-electron chi connectivity index (χ1n) is 10.0. The second-order valence-electron chi connectivity index (χ2n) is 7.57. The predicted octanol–water partition coefficient (Wildman–Crippen LogP) is 5.14. The van der Waals surface area contributed by atoms with Gasteiger partial charge in [-0.15, -0.1) is 0 Å². The number of carbonyl (C=O) groups excluding carboxylic acids is 1. The molecule has 138 valence electrons. The van der Waals surface area contributed by atoms with Crippen LogP contribution in [0.4, 0.5) is 0 Å². The monoisotopic (exact) mass is 349 g/mol. The number of nitrogens with zero attached hydrogens (tertiary/aromatic N) is 1. The Kier molecular flexibility index (Phi) is 6.26. The van der Waals surface area contributed by atoms with Crippen LogP contribution >= 0.6 is 0 Å². The van der Waals surface area contributed by atoms with E-state index >= 15 is 0 Å². The van der Waals surface area contributed by atoms with Crippen molar-refractivity contribution < 1.29 is 4.79 Å². The van der Waals surface area contributed by atoms with Crippen molar-refractivity contribution in [3.63, 3.8) is 0 Å². The number of hydrogen-bond donors (Lipinski definition) is 0. The van der Waals surface area contributed by atoms with Gasteiger partial charge in [-0.3, -0.25) is 4.79 Å². The molecule has 3 rings (SSSR count). The summed E-state index contributed by atoms with van der Waals surface area (Å²) in [5.41, 5.74) is 2.96. The quantitative estimate of drug-likeness (QED) is 0.690. The largest absolute Gasteiger partial charge is 0.303 e. The molecule has 0 saturated carbocycles. The van der Waals surface area contributed by atoms with Crippen molar-refractivity contribution in [1.82, 2.24) is 4.90 Å². The average Bonchev–Trinajstić information content (AvgIpc) is 2.71. The molecule has 1 atom stereocenters. The van der Waals surface area contributed by atoms with E-state index in [1.54, 1.807) is 0 Å². The van der Waals surface area contributed by atoms with Crippen LogP contribution in [-0.4, -0.2) is 30.3 Å². The van der Waals surface area contributed by atoms with Crippen LogP contribution in [-0.2, 0) is 10.2 Å². The fourth-order valence-electron chi connectivity index (χ4n) is 4.29. The number of carbonyl (C=O) groups is 1. The molecule has 2 heteroatoms. The molecule has 0 radical (unpaired) electrons. The van der Waals surface area contributed by atoms with E-state index in [1.807, 2.05) is 13.0 Å². The molecule has 0 spiro atoms. The zero-order chi connectivity index (χ0) is 18.4. The van der Waals surface area contributed by atoms with Crippen molar-refractivity contribution in [2.45, 2.75) is 51.4 Å². The van der Waals surface area contributed by atoms with Crippen molar-refractivity contribution in [3.05, 3.63) is 71.3 Å². The average molecular weight is 350 g/mol. The topological polar surface area (TPSA) is 20.3 Å². The van der Waals surface area contributed by atoms with Crippen LogP contribution in [0.25, 0.3) is 0 Å². The highest BCUT2D eigenvalue weighted by Crippen LogP contribution is 2.38. The molecule has 2 nitrogen and oxygen atoms in total. The highest BCUT2D eigenvalue weighted by atomic mass is 16.1. The molecule has 1 aliphatic heterocycles. The van der Waals surface area contributed by atoms with Gasteiger partial charge in [0.2, 0.25) is 0 Å². The Labute approximate surface area is 158 Å². The smallest absolute Gasteiger partial charge is 0.147 e. The van der Waals surface area contributed by atoms with Gasteiger partial charge in [-0.25, -0.2) is 0 Å². The molecule has 1 aliphatic rings. The van der Waals surface area contributed by atoms with E-state index in [9.17, 15) is 4.79 Å². The van der Waals surface area contributed by atoms with Gasteiger partial charge in [0.1, 0.15) is 5.78 Å². The van der Waals surface area contributed by atoms with Gasteiger partial charge in [0.25, 0.3) is 0 Å². The Morgan fingerprint density at radius 3 is 2.15 bits per heavy atom. The highest BCUT2D eigenvalue weighted by molar-refractivity contribution is 5.93. The number of rotatable bonds is 7. The molecule has 0 aliphatic carbocycles. The van der Waals surface area contributed by atoms with Gasteiger partial charge in [0.15, 0.2) is 0 Å². The lowest BCUT2D eigenvalue weighted by Gasteiger charge is -2.36. The fraction of sp³-hybridized carbons (Fsp3) is 0.458. The zero-order valence-electron chi connectivity index (χ0n) is 16.2. The van der Waals surface area contributed by atoms with E-state index < -0.39 is 5.41 Å². The Bertz CT molecular complexity index is 701. The van der Waals surface area contributed by atoms with E-state index in [0.717, 1.165) is 24.1 Å². The van der Waals surface area contributed by atoms with Crippen LogP contribution in [0.5, 0.6) is 0 Å². The lowest BCUT2D eigenvalue weighted by atomic mass is 9.68. The fourth-order valence-corrected chi connectivity index (χ4v) is 4.29. The van der Waals surface area contributed by atoms with Crippen molar-refractivity contribution in [3.8, 4) is 0 Å². The Balaban J connectivity index is 2.02. The molecular formula is C24H31NO. The molecule has 1 fully saturated rings. The van der Waals surface area contributed by atoms with E-state index in [1.165, 1.54) is 37.9 Å². The molecule has 0 aromatic heterocycles. The summed E-state index contributed by atoms with van der Waals surface area (Å²) in [5.74, 6) is 0.324. The predicted molar refractivity (Wildman–Crippen MR) is 109 cm³/mol. The van der Waals surface area contributed by atoms with Crippen LogP contribution in [0.2, 0.25) is 0 Å². The Morgan fingerprint density at radius 1 is 0.923 bits per heavy atom. The summed E-state index contributed by atoms with van der Waals surface area (Å²) >= 11 is 0. The molecule has 26 heavy (non-hydrogen) atoms. The SMILES string of the molecule is CCC(=O)C(CCN1CCCCC1)(c1ccccc1)c1ccc(C)cc1. The number of likely N-dealkylation sites (tertiary alicyclic amines) is 1. The third-order valence-electron chi connectivity index (χ3n) is 5.86. The minimum atomic E-state index is -0.541. The summed E-state index contributed by atoms with van der Waals surface area (Å²) in [5, 5.41) is 0. The summed E-state index contributed by atoms with van der Waals surface area (Å²) in [6.45, 7) is 7.41. The summed E-state index contributed by atoms with van der Waals surface area (Å²) in [6.07, 6.45) is 5.32. The first-order valence-corrected chi connectivity index (χ1v) is 10.0. The molecule has 2 aromatic carbocycles. The van der Waals surface area contributed by atoms with Crippen molar-refractivity contribution >= 4 is 5.78 Å². The third kappa shape index (κ3) is 3.91. The first kappa shape index (κ1) is 18.8. The van der Waals surface area contributed by atoms with E-state index in [2.05, 4.69) is 60.4 Å². The first-order chi connectivity index (χ1) is 12.7. The number of ketones is 1. The minimum absolute atomic E-state index is 0.324. The molecule has 1 heterocycles. The van der Waals surface area contributed by atoms with Crippen molar-refractivity contribution in [2.24, 2.45) is 0 Å². The number of benzene rings is 2. The van der Waals surface area contributed by atoms with Gasteiger partial charge in [0, 0.05) is 6.42 Å². The maximum absolute atomic E-state index is 13.4. The zero-order valence-corrected chi connectivity index (χ0v) is 16.2. The van der Waals surface area contributed by atoms with Crippen LogP contribution in [0.3, 0.4) is 0 Å². The number of Topliss-reactive ketones (excluding diaryl/α,β-unsaturated/α-hetero) is 1. The van der Waals surface area contributed by atoms with E-state index in [4.69, 9.17) is 0 Å². The summed E-state index contributed by atoms with van der Waals surface area (Å²) < 4.78 is 0. The highest BCUT2D eigenvalue weighted by Gasteiger charge is 2.40. The molecule has 2 aromatic rings. The Morgan fingerprint density at radius 2 is 1.54 bits per heavy atom. The van der Waals surface area contributed by atoms with Crippen molar-refractivity contribution in [1.29, 1.82) is 0 Å². The second-order valence-corrected chi connectivity index (χ2v) is 7.57. The maximum Gasteiger partial charge on any atom is 0.147 e. The second kappa shape index (κ2) is 8.64. The van der Waals surface area contributed by atoms with Crippen LogP contribution < -0.4 is 0 Å².